The summed E-state index contributed by atoms with van der Waals surface area (Å²) in [5.74, 6) is -0.123. The Bertz CT molecular complexity index is 1500. The molecule has 0 spiro atoms. The fourth-order valence-electron chi connectivity index (χ4n) is 5.90. The first-order valence-corrected chi connectivity index (χ1v) is 18.5. The number of nitrogens with one attached hydrogen (secondary N) is 1. The second-order valence-electron chi connectivity index (χ2n) is 12.3. The quantitative estimate of drug-likeness (QED) is 0.123. The van der Waals surface area contributed by atoms with Crippen LogP contribution in [0.1, 0.15) is 44.7 Å². The Morgan fingerprint density at radius 1 is 0.791 bits per heavy atom. The molecular weight excluding hydrogens is 567 g/mol. The van der Waals surface area contributed by atoms with Gasteiger partial charge in [0.25, 0.3) is 8.32 Å². The van der Waals surface area contributed by atoms with Crippen LogP contribution in [-0.2, 0) is 20.9 Å². The Morgan fingerprint density at radius 2 is 1.30 bits per heavy atom. The molecule has 43 heavy (non-hydrogen) atoms. The highest BCUT2D eigenvalue weighted by Crippen LogP contribution is 2.37. The zero-order valence-electron chi connectivity index (χ0n) is 25.9. The Morgan fingerprint density at radius 3 is 1.79 bits per heavy atom. The molecule has 0 saturated carbocycles. The van der Waals surface area contributed by atoms with E-state index in [1.165, 1.54) is 15.9 Å². The van der Waals surface area contributed by atoms with E-state index in [4.69, 9.17) is 4.43 Å². The number of sulfonamides is 1. The lowest BCUT2D eigenvalue weighted by molar-refractivity contribution is 0.259. The van der Waals surface area contributed by atoms with E-state index in [9.17, 15) is 8.42 Å². The van der Waals surface area contributed by atoms with Crippen LogP contribution in [0.4, 0.5) is 0 Å². The number of hydrogen-bond donors (Lipinski definition) is 1. The van der Waals surface area contributed by atoms with Crippen LogP contribution in [0, 0.1) is 12.8 Å². The maximum atomic E-state index is 13.6. The maximum Gasteiger partial charge on any atom is 0.261 e. The zero-order chi connectivity index (χ0) is 30.9. The molecule has 6 heteroatoms. The van der Waals surface area contributed by atoms with Crippen LogP contribution in [0.5, 0.6) is 0 Å². The molecule has 4 nitrogen and oxygen atoms in total. The summed E-state index contributed by atoms with van der Waals surface area (Å²) in [6, 6.07) is 38.0. The molecule has 4 aromatic rings. The van der Waals surface area contributed by atoms with E-state index in [2.05, 4.69) is 92.7 Å². The lowest BCUT2D eigenvalue weighted by Gasteiger charge is -2.43. The van der Waals surface area contributed by atoms with Crippen LogP contribution < -0.4 is 15.1 Å². The topological polar surface area (TPSA) is 55.4 Å². The van der Waals surface area contributed by atoms with E-state index in [1.54, 1.807) is 12.1 Å². The third-order valence-corrected chi connectivity index (χ3v) is 14.8. The van der Waals surface area contributed by atoms with E-state index < -0.39 is 18.3 Å². The summed E-state index contributed by atoms with van der Waals surface area (Å²) in [5.41, 5.74) is 2.19. The van der Waals surface area contributed by atoms with Crippen LogP contribution in [0.3, 0.4) is 0 Å². The molecule has 1 N–H and O–H groups in total. The number of benzene rings is 4. The van der Waals surface area contributed by atoms with Crippen LogP contribution in [-0.4, -0.2) is 29.4 Å². The van der Waals surface area contributed by atoms with Gasteiger partial charge in [0, 0.05) is 12.6 Å². The van der Waals surface area contributed by atoms with Gasteiger partial charge in [0.15, 0.2) is 0 Å². The fraction of sp³-hybridized carbons (Fsp3) is 0.297. The van der Waals surface area contributed by atoms with Crippen molar-refractivity contribution in [2.24, 2.45) is 5.92 Å². The highest BCUT2D eigenvalue weighted by Gasteiger charge is 2.50. The van der Waals surface area contributed by atoms with Gasteiger partial charge in [-0.05, 0) is 65.2 Å². The monoisotopic (exact) mass is 611 g/mol. The molecule has 4 rings (SSSR count). The average molecular weight is 612 g/mol. The molecule has 0 fully saturated rings. The minimum atomic E-state index is -3.73. The van der Waals surface area contributed by atoms with Gasteiger partial charge in [-0.15, -0.1) is 6.58 Å². The predicted octanol–water partition coefficient (Wildman–Crippen LogP) is 7.04. The van der Waals surface area contributed by atoms with Crippen LogP contribution >= 0.6 is 0 Å². The van der Waals surface area contributed by atoms with Crippen molar-refractivity contribution in [2.75, 3.05) is 6.61 Å². The summed E-state index contributed by atoms with van der Waals surface area (Å²) in [5, 5.41) is 2.31. The second-order valence-corrected chi connectivity index (χ2v) is 18.3. The molecule has 0 unspecified atom stereocenters. The largest absolute Gasteiger partial charge is 0.407 e. The van der Waals surface area contributed by atoms with Crippen molar-refractivity contribution < 1.29 is 12.8 Å². The highest BCUT2D eigenvalue weighted by atomic mass is 32.2. The van der Waals surface area contributed by atoms with E-state index in [-0.39, 0.29) is 21.9 Å². The Hall–Kier alpha value is -3.29. The van der Waals surface area contributed by atoms with Gasteiger partial charge in [0.05, 0.1) is 4.90 Å². The molecule has 0 radical (unpaired) electrons. The summed E-state index contributed by atoms with van der Waals surface area (Å²) < 4.78 is 37.3. The minimum Gasteiger partial charge on any atom is -0.407 e. The average Bonchev–Trinajstić information content (AvgIpc) is 3.00. The van der Waals surface area contributed by atoms with E-state index in [0.717, 1.165) is 12.0 Å². The van der Waals surface area contributed by atoms with Gasteiger partial charge < -0.3 is 4.43 Å². The van der Waals surface area contributed by atoms with Gasteiger partial charge in [0.2, 0.25) is 10.0 Å². The third kappa shape index (κ3) is 8.01. The molecule has 0 aliphatic carbocycles. The van der Waals surface area contributed by atoms with E-state index in [1.807, 2.05) is 55.5 Å². The van der Waals surface area contributed by atoms with Gasteiger partial charge in [-0.3, -0.25) is 0 Å². The molecule has 4 aromatic carbocycles. The summed E-state index contributed by atoms with van der Waals surface area (Å²) in [4.78, 5) is 0.272. The van der Waals surface area contributed by atoms with Crippen molar-refractivity contribution in [2.45, 2.75) is 62.9 Å². The van der Waals surface area contributed by atoms with Gasteiger partial charge in [-0.1, -0.05) is 136 Å². The predicted molar refractivity (Wildman–Crippen MR) is 182 cm³/mol. The number of aryl methyl sites for hydroxylation is 2. The van der Waals surface area contributed by atoms with Gasteiger partial charge in [-0.25, -0.2) is 13.1 Å². The fourth-order valence-corrected chi connectivity index (χ4v) is 11.8. The first-order valence-electron chi connectivity index (χ1n) is 15.1. The summed E-state index contributed by atoms with van der Waals surface area (Å²) in [6.07, 6.45) is 3.93. The normalized spacial score (nSPS) is 13.8. The van der Waals surface area contributed by atoms with Gasteiger partial charge >= 0.3 is 0 Å². The van der Waals surface area contributed by atoms with Gasteiger partial charge in [-0.2, -0.15) is 0 Å². The molecule has 0 aliphatic rings. The van der Waals surface area contributed by atoms with E-state index >= 15 is 0 Å². The Balaban J connectivity index is 1.62. The SMILES string of the molecule is C=C[C@@H](CCO[Si](c1ccccc1)(c1ccccc1)C(C)(C)C)[C@@H](CCc1ccccc1)NS(=O)(=O)c1ccc(C)cc1. The van der Waals surface area contributed by atoms with Crippen molar-refractivity contribution in [1.29, 1.82) is 0 Å². The van der Waals surface area contributed by atoms with Crippen molar-refractivity contribution in [3.63, 3.8) is 0 Å². The lowest BCUT2D eigenvalue weighted by Crippen LogP contribution is -2.66. The van der Waals surface area contributed by atoms with Crippen LogP contribution in [0.2, 0.25) is 5.04 Å². The standard InChI is InChI=1S/C37H45NO3SSi/c1-6-32(28-29-41-43(37(3,4)5,34-18-12-8-13-19-34)35-20-14-9-15-21-35)36(27-24-31-16-10-7-11-17-31)38-42(39,40)33-25-22-30(2)23-26-33/h6-23,25-26,32,36,38H,1,24,27-29H2,2-5H3/t32-,36+/m0/s1. The molecule has 0 heterocycles. The number of rotatable bonds is 14. The van der Waals surface area contributed by atoms with Gasteiger partial charge in [0.1, 0.15) is 0 Å². The van der Waals surface area contributed by atoms with Crippen molar-refractivity contribution in [3.05, 3.63) is 139 Å². The molecule has 2 atom stereocenters. The Labute approximate surface area is 260 Å². The lowest BCUT2D eigenvalue weighted by atomic mass is 9.92. The Kier molecular flexibility index (Phi) is 11.0. The van der Waals surface area contributed by atoms with Crippen LogP contribution in [0.25, 0.3) is 0 Å². The second kappa shape index (κ2) is 14.5. The minimum absolute atomic E-state index is 0.123. The van der Waals surface area contributed by atoms with Crippen molar-refractivity contribution in [3.8, 4) is 0 Å². The molecular formula is C37H45NO3SSi. The zero-order valence-corrected chi connectivity index (χ0v) is 27.7. The van der Waals surface area contributed by atoms with Crippen LogP contribution in [0.15, 0.2) is 133 Å². The van der Waals surface area contributed by atoms with E-state index in [0.29, 0.717) is 19.4 Å². The summed E-state index contributed by atoms with van der Waals surface area (Å²) in [7, 11) is -6.44. The summed E-state index contributed by atoms with van der Waals surface area (Å²) >= 11 is 0. The molecule has 226 valence electrons. The molecule has 0 saturated heterocycles. The maximum absolute atomic E-state index is 13.6. The van der Waals surface area contributed by atoms with Crippen molar-refractivity contribution in [1.82, 2.24) is 4.72 Å². The molecule has 0 amide bonds. The molecule has 0 aromatic heterocycles. The third-order valence-electron chi connectivity index (χ3n) is 8.23. The first-order chi connectivity index (χ1) is 20.6. The first kappa shape index (κ1) is 32.6. The smallest absolute Gasteiger partial charge is 0.261 e. The molecule has 0 aliphatic heterocycles. The van der Waals surface area contributed by atoms with Crippen molar-refractivity contribution >= 4 is 28.7 Å². The molecule has 0 bridgehead atoms. The summed E-state index contributed by atoms with van der Waals surface area (Å²) in [6.45, 7) is 13.4. The number of hydrogen-bond acceptors (Lipinski definition) is 3. The highest BCUT2D eigenvalue weighted by molar-refractivity contribution is 7.89.